The second kappa shape index (κ2) is 13.8. The number of rotatable bonds is 7. The van der Waals surface area contributed by atoms with Gasteiger partial charge >= 0.3 is 6.01 Å². The SMILES string of the molecule is C=C.CN=Cc1c(C)ccc(C)c1N1CCc2c(N)nc(OCCCN3CCCCC3)nc2C1.N.[HH].[HH]. The number of fused-ring (bicyclic) bond motifs is 1. The highest BCUT2D eigenvalue weighted by Gasteiger charge is 2.25. The summed E-state index contributed by atoms with van der Waals surface area (Å²) in [5.41, 5.74) is 13.2. The van der Waals surface area contributed by atoms with Gasteiger partial charge in [0, 0.05) is 46.0 Å². The largest absolute Gasteiger partial charge is 0.463 e. The van der Waals surface area contributed by atoms with Crippen molar-refractivity contribution in [1.82, 2.24) is 21.0 Å². The third-order valence-electron chi connectivity index (χ3n) is 6.59. The Morgan fingerprint density at radius 1 is 1.11 bits per heavy atom. The lowest BCUT2D eigenvalue weighted by molar-refractivity contribution is 0.200. The van der Waals surface area contributed by atoms with E-state index in [0.717, 1.165) is 37.2 Å². The van der Waals surface area contributed by atoms with Crippen molar-refractivity contribution in [3.05, 3.63) is 53.2 Å². The van der Waals surface area contributed by atoms with Crippen molar-refractivity contribution >= 4 is 17.7 Å². The molecule has 8 nitrogen and oxygen atoms in total. The number of likely N-dealkylation sites (tertiary alicyclic amines) is 1. The summed E-state index contributed by atoms with van der Waals surface area (Å²) in [4.78, 5) is 18.4. The molecular formula is C27H47N7O. The highest BCUT2D eigenvalue weighted by molar-refractivity contribution is 5.91. The zero-order valence-corrected chi connectivity index (χ0v) is 21.9. The molecule has 3 heterocycles. The highest BCUT2D eigenvalue weighted by Crippen LogP contribution is 2.32. The number of aromatic nitrogens is 2. The molecular weight excluding hydrogens is 438 g/mol. The van der Waals surface area contributed by atoms with Crippen molar-refractivity contribution in [3.8, 4) is 6.01 Å². The van der Waals surface area contributed by atoms with Crippen LogP contribution >= 0.6 is 0 Å². The summed E-state index contributed by atoms with van der Waals surface area (Å²) in [5, 5.41) is 0. The molecule has 5 N–H and O–H groups in total. The molecule has 0 spiro atoms. The zero-order valence-electron chi connectivity index (χ0n) is 21.9. The van der Waals surface area contributed by atoms with Gasteiger partial charge < -0.3 is 26.4 Å². The minimum absolute atomic E-state index is 0. The second-order valence-electron chi connectivity index (χ2n) is 8.94. The minimum Gasteiger partial charge on any atom is -0.463 e. The number of nitrogen functional groups attached to an aromatic ring is 1. The van der Waals surface area contributed by atoms with Gasteiger partial charge in [-0.1, -0.05) is 18.6 Å². The number of aryl methyl sites for hydroxylation is 2. The molecule has 35 heavy (non-hydrogen) atoms. The Labute approximate surface area is 213 Å². The molecule has 1 aromatic carbocycles. The number of aliphatic imine (C=N–C) groups is 1. The van der Waals surface area contributed by atoms with E-state index in [4.69, 9.17) is 15.5 Å². The first-order chi connectivity index (χ1) is 16.6. The van der Waals surface area contributed by atoms with E-state index < -0.39 is 0 Å². The van der Waals surface area contributed by atoms with Crippen LogP contribution in [0.25, 0.3) is 0 Å². The lowest BCUT2D eigenvalue weighted by Gasteiger charge is -2.33. The smallest absolute Gasteiger partial charge is 0.318 e. The topological polar surface area (TPSA) is 115 Å². The molecule has 2 aromatic rings. The maximum atomic E-state index is 6.30. The van der Waals surface area contributed by atoms with Crippen LogP contribution in [-0.2, 0) is 13.0 Å². The Hall–Kier alpha value is -2.97. The van der Waals surface area contributed by atoms with Crippen molar-refractivity contribution in [2.45, 2.75) is 52.5 Å². The fourth-order valence-electron chi connectivity index (χ4n) is 4.86. The maximum absolute atomic E-state index is 6.30. The van der Waals surface area contributed by atoms with Gasteiger partial charge in [0.15, 0.2) is 0 Å². The van der Waals surface area contributed by atoms with Crippen LogP contribution in [0.4, 0.5) is 11.5 Å². The molecule has 0 aliphatic carbocycles. The number of benzene rings is 1. The lowest BCUT2D eigenvalue weighted by Crippen LogP contribution is -2.33. The number of hydrogen-bond acceptors (Lipinski definition) is 8. The summed E-state index contributed by atoms with van der Waals surface area (Å²) in [6.45, 7) is 16.0. The van der Waals surface area contributed by atoms with Gasteiger partial charge in [-0.3, -0.25) is 4.99 Å². The summed E-state index contributed by atoms with van der Waals surface area (Å²) in [5.74, 6) is 0.553. The molecule has 1 saturated heterocycles. The quantitative estimate of drug-likeness (QED) is 0.322. The van der Waals surface area contributed by atoms with Gasteiger partial charge in [-0.2, -0.15) is 9.97 Å². The highest BCUT2D eigenvalue weighted by atomic mass is 16.5. The normalized spacial score (nSPS) is 15.7. The van der Waals surface area contributed by atoms with Crippen LogP contribution in [0.2, 0.25) is 0 Å². The van der Waals surface area contributed by atoms with E-state index in [2.05, 4.69) is 58.9 Å². The summed E-state index contributed by atoms with van der Waals surface area (Å²) < 4.78 is 5.92. The lowest BCUT2D eigenvalue weighted by atomic mass is 9.98. The number of anilines is 2. The first kappa shape index (κ1) is 28.3. The third-order valence-corrected chi connectivity index (χ3v) is 6.59. The van der Waals surface area contributed by atoms with Crippen molar-refractivity contribution in [2.24, 2.45) is 4.99 Å². The van der Waals surface area contributed by atoms with Crippen LogP contribution in [0, 0.1) is 13.8 Å². The zero-order chi connectivity index (χ0) is 24.5. The molecule has 0 bridgehead atoms. The van der Waals surface area contributed by atoms with E-state index in [1.165, 1.54) is 54.7 Å². The first-order valence-corrected chi connectivity index (χ1v) is 12.3. The van der Waals surface area contributed by atoms with Crippen LogP contribution in [0.15, 0.2) is 30.3 Å². The van der Waals surface area contributed by atoms with Crippen molar-refractivity contribution in [3.63, 3.8) is 0 Å². The second-order valence-corrected chi connectivity index (χ2v) is 8.94. The first-order valence-electron chi connectivity index (χ1n) is 12.3. The molecule has 0 saturated carbocycles. The predicted octanol–water partition coefficient (Wildman–Crippen LogP) is 5.00. The molecule has 196 valence electrons. The molecule has 0 unspecified atom stereocenters. The molecule has 2 aliphatic heterocycles. The summed E-state index contributed by atoms with van der Waals surface area (Å²) in [7, 11) is 1.82. The van der Waals surface area contributed by atoms with E-state index in [1.54, 1.807) is 0 Å². The number of ether oxygens (including phenoxy) is 1. The van der Waals surface area contributed by atoms with Crippen molar-refractivity contribution in [1.29, 1.82) is 0 Å². The van der Waals surface area contributed by atoms with Crippen LogP contribution in [-0.4, -0.2) is 60.9 Å². The van der Waals surface area contributed by atoms with Gasteiger partial charge in [-0.05, 0) is 63.7 Å². The summed E-state index contributed by atoms with van der Waals surface area (Å²) in [6.07, 6.45) is 7.75. The molecule has 1 aromatic heterocycles. The van der Waals surface area contributed by atoms with Gasteiger partial charge in [0.05, 0.1) is 18.8 Å². The Bertz CT molecular complexity index is 997. The molecule has 0 atom stereocenters. The van der Waals surface area contributed by atoms with Gasteiger partial charge in [0.25, 0.3) is 0 Å². The standard InChI is InChI=1S/C25H36N6O.C2H4.H3N.2H2/c1-18-8-9-19(2)23(21(18)16-27-3)31-14-10-20-22(17-31)28-25(29-24(20)26)32-15-7-13-30-11-5-4-6-12-30;1-2;;;/h8-9,16H,4-7,10-15,17H2,1-3H3,(H2,26,28,29);1-2H2;1H3;2*1H. The van der Waals surface area contributed by atoms with E-state index in [1.807, 2.05) is 13.3 Å². The van der Waals surface area contributed by atoms with Gasteiger partial charge in [0.1, 0.15) is 5.82 Å². The summed E-state index contributed by atoms with van der Waals surface area (Å²) >= 11 is 0. The Morgan fingerprint density at radius 2 is 1.83 bits per heavy atom. The fraction of sp³-hybridized carbons (Fsp3) is 0.519. The Morgan fingerprint density at radius 3 is 2.54 bits per heavy atom. The summed E-state index contributed by atoms with van der Waals surface area (Å²) in [6, 6.07) is 4.74. The van der Waals surface area contributed by atoms with Crippen molar-refractivity contribution in [2.75, 3.05) is 50.5 Å². The number of nitrogens with zero attached hydrogens (tertiary/aromatic N) is 5. The van der Waals surface area contributed by atoms with E-state index in [-0.39, 0.29) is 9.00 Å². The number of hydrogen-bond donors (Lipinski definition) is 2. The van der Waals surface area contributed by atoms with Gasteiger partial charge in [-0.25, -0.2) is 0 Å². The Balaban J connectivity index is 0.00000253. The fourth-order valence-corrected chi connectivity index (χ4v) is 4.86. The van der Waals surface area contributed by atoms with Crippen LogP contribution in [0.1, 0.15) is 56.5 Å². The molecule has 0 radical (unpaired) electrons. The van der Waals surface area contributed by atoms with Gasteiger partial charge in [0.2, 0.25) is 0 Å². The molecule has 4 rings (SSSR count). The van der Waals surface area contributed by atoms with Crippen molar-refractivity contribution < 1.29 is 7.59 Å². The monoisotopic (exact) mass is 485 g/mol. The van der Waals surface area contributed by atoms with Crippen LogP contribution in [0.5, 0.6) is 6.01 Å². The average Bonchev–Trinajstić information content (AvgIpc) is 2.86. The minimum atomic E-state index is 0. The van der Waals surface area contributed by atoms with Crippen LogP contribution < -0.4 is 21.5 Å². The van der Waals surface area contributed by atoms with Crippen LogP contribution in [0.3, 0.4) is 0 Å². The van der Waals surface area contributed by atoms with E-state index in [9.17, 15) is 0 Å². The van der Waals surface area contributed by atoms with Gasteiger partial charge in [-0.15, -0.1) is 13.2 Å². The molecule has 0 amide bonds. The van der Waals surface area contributed by atoms with E-state index in [0.29, 0.717) is 25.0 Å². The maximum Gasteiger partial charge on any atom is 0.318 e. The number of nitrogens with two attached hydrogens (primary N) is 1. The molecule has 8 heteroatoms. The molecule has 1 fully saturated rings. The average molecular weight is 486 g/mol. The number of piperidine rings is 1. The Kier molecular flexibility index (Phi) is 11.1. The predicted molar refractivity (Wildman–Crippen MR) is 152 cm³/mol. The molecule has 2 aliphatic rings. The third kappa shape index (κ3) is 7.02. The van der Waals surface area contributed by atoms with E-state index >= 15 is 0 Å².